The maximum absolute atomic E-state index is 13.2. The van der Waals surface area contributed by atoms with Gasteiger partial charge in [-0.3, -0.25) is 19.8 Å². The van der Waals surface area contributed by atoms with Crippen molar-refractivity contribution in [1.82, 2.24) is 10.2 Å². The first-order valence-corrected chi connectivity index (χ1v) is 10.5. The predicted molar refractivity (Wildman–Crippen MR) is 119 cm³/mol. The molecule has 1 aliphatic heterocycles. The van der Waals surface area contributed by atoms with Crippen LogP contribution in [0, 0.1) is 5.41 Å². The van der Waals surface area contributed by atoms with E-state index >= 15 is 0 Å². The first-order chi connectivity index (χ1) is 14.9. The number of ether oxygens (including phenoxy) is 1. The minimum atomic E-state index is -0.395. The second-order valence-electron chi connectivity index (χ2n) is 9.10. The van der Waals surface area contributed by atoms with Crippen LogP contribution in [0.2, 0.25) is 0 Å². The fourth-order valence-corrected chi connectivity index (χ4v) is 4.65. The molecule has 0 spiro atoms. The van der Waals surface area contributed by atoms with Gasteiger partial charge in [-0.1, -0.05) is 56.3 Å². The van der Waals surface area contributed by atoms with Crippen LogP contribution in [0.25, 0.3) is 0 Å². The molecule has 0 amide bonds. The van der Waals surface area contributed by atoms with Gasteiger partial charge in [0, 0.05) is 23.6 Å². The number of benzene rings is 2. The lowest BCUT2D eigenvalue weighted by Gasteiger charge is -2.37. The number of fused-ring (bicyclic) bond motifs is 1. The molecule has 0 bridgehead atoms. The van der Waals surface area contributed by atoms with Crippen LogP contribution in [-0.2, 0) is 11.4 Å². The number of nitrogens with one attached hydrogen (secondary N) is 3. The zero-order chi connectivity index (χ0) is 21.6. The van der Waals surface area contributed by atoms with Gasteiger partial charge in [0.25, 0.3) is 5.56 Å². The zero-order valence-corrected chi connectivity index (χ0v) is 17.6. The molecule has 31 heavy (non-hydrogen) atoms. The Morgan fingerprint density at radius 3 is 2.45 bits per heavy atom. The molecular weight excluding hydrogens is 390 g/mol. The topological polar surface area (TPSA) is 87.0 Å². The third-order valence-corrected chi connectivity index (χ3v) is 6.05. The van der Waals surface area contributed by atoms with Crippen LogP contribution in [0.1, 0.15) is 49.3 Å². The van der Waals surface area contributed by atoms with Crippen LogP contribution in [-0.4, -0.2) is 16.0 Å². The SMILES string of the molecule is CC1(C)CC(=O)C2=C(C1)Nc1[nH][nH]c(=O)c1C2c1ccc(OCc2ccccc2)cc1. The molecule has 6 heteroatoms. The van der Waals surface area contributed by atoms with E-state index in [4.69, 9.17) is 4.74 Å². The fourth-order valence-electron chi connectivity index (χ4n) is 4.65. The second-order valence-corrected chi connectivity index (χ2v) is 9.10. The Labute approximate surface area is 180 Å². The van der Waals surface area contributed by atoms with Gasteiger partial charge in [-0.25, -0.2) is 0 Å². The van der Waals surface area contributed by atoms with Crippen LogP contribution in [0.15, 0.2) is 70.7 Å². The van der Waals surface area contributed by atoms with Crippen molar-refractivity contribution in [2.24, 2.45) is 5.41 Å². The average molecular weight is 415 g/mol. The van der Waals surface area contributed by atoms with Gasteiger partial charge in [-0.2, -0.15) is 0 Å². The summed E-state index contributed by atoms with van der Waals surface area (Å²) < 4.78 is 5.90. The molecule has 6 nitrogen and oxygen atoms in total. The minimum absolute atomic E-state index is 0.0967. The van der Waals surface area contributed by atoms with E-state index in [9.17, 15) is 9.59 Å². The van der Waals surface area contributed by atoms with Crippen LogP contribution in [0.5, 0.6) is 5.75 Å². The molecule has 5 rings (SSSR count). The van der Waals surface area contributed by atoms with Crippen molar-refractivity contribution in [1.29, 1.82) is 0 Å². The number of H-pyrrole nitrogens is 2. The standard InChI is InChI=1S/C25H25N3O3/c1-25(2)12-18-21(19(29)13-25)20(22-23(26-18)27-28-24(22)30)16-8-10-17(11-9-16)31-14-15-6-4-3-5-7-15/h3-11,20H,12-14H2,1-2H3,(H3,26,27,28,30). The number of ketones is 1. The van der Waals surface area contributed by atoms with Gasteiger partial charge in [0.1, 0.15) is 18.2 Å². The van der Waals surface area contributed by atoms with Gasteiger partial charge in [-0.15, -0.1) is 0 Å². The van der Waals surface area contributed by atoms with Crippen molar-refractivity contribution >= 4 is 11.6 Å². The Morgan fingerprint density at radius 1 is 0.968 bits per heavy atom. The van der Waals surface area contributed by atoms with E-state index in [-0.39, 0.29) is 16.8 Å². The van der Waals surface area contributed by atoms with Crippen molar-refractivity contribution in [3.63, 3.8) is 0 Å². The first-order valence-electron chi connectivity index (χ1n) is 10.5. The number of carbonyl (C=O) groups excluding carboxylic acids is 1. The number of carbonyl (C=O) groups is 1. The summed E-state index contributed by atoms with van der Waals surface area (Å²) in [5, 5.41) is 8.90. The normalized spacial score (nSPS) is 19.4. The third kappa shape index (κ3) is 3.58. The van der Waals surface area contributed by atoms with Crippen molar-refractivity contribution in [2.45, 2.75) is 39.2 Å². The van der Waals surface area contributed by atoms with E-state index in [0.29, 0.717) is 30.0 Å². The highest BCUT2D eigenvalue weighted by molar-refractivity contribution is 6.01. The summed E-state index contributed by atoms with van der Waals surface area (Å²) in [6.07, 6.45) is 1.23. The van der Waals surface area contributed by atoms with E-state index < -0.39 is 5.92 Å². The molecular formula is C25H25N3O3. The number of hydrogen-bond donors (Lipinski definition) is 3. The molecule has 3 N–H and O–H groups in total. The molecule has 1 aromatic heterocycles. The van der Waals surface area contributed by atoms with Crippen LogP contribution < -0.4 is 15.6 Å². The minimum Gasteiger partial charge on any atom is -0.489 e. The summed E-state index contributed by atoms with van der Waals surface area (Å²) in [6, 6.07) is 17.7. The third-order valence-electron chi connectivity index (χ3n) is 6.05. The highest BCUT2D eigenvalue weighted by Crippen LogP contribution is 2.47. The largest absolute Gasteiger partial charge is 0.489 e. The molecule has 2 aromatic carbocycles. The maximum Gasteiger partial charge on any atom is 0.270 e. The average Bonchev–Trinajstić information content (AvgIpc) is 3.11. The Bertz CT molecular complexity index is 1220. The zero-order valence-electron chi connectivity index (χ0n) is 17.6. The first kappa shape index (κ1) is 19.4. The number of hydrogen-bond acceptors (Lipinski definition) is 4. The number of aromatic amines is 2. The monoisotopic (exact) mass is 415 g/mol. The van der Waals surface area contributed by atoms with Crippen molar-refractivity contribution < 1.29 is 9.53 Å². The lowest BCUT2D eigenvalue weighted by molar-refractivity contribution is -0.118. The summed E-state index contributed by atoms with van der Waals surface area (Å²) >= 11 is 0. The molecule has 0 saturated heterocycles. The molecule has 1 atom stereocenters. The fraction of sp³-hybridized carbons (Fsp3) is 0.280. The van der Waals surface area contributed by atoms with E-state index in [1.165, 1.54) is 0 Å². The summed E-state index contributed by atoms with van der Waals surface area (Å²) in [4.78, 5) is 25.7. The lowest BCUT2D eigenvalue weighted by atomic mass is 9.69. The van der Waals surface area contributed by atoms with Gasteiger partial charge < -0.3 is 10.1 Å². The van der Waals surface area contributed by atoms with E-state index in [2.05, 4.69) is 29.4 Å². The van der Waals surface area contributed by atoms with Gasteiger partial charge in [0.05, 0.1) is 5.56 Å². The quantitative estimate of drug-likeness (QED) is 0.586. The molecule has 0 radical (unpaired) electrons. The van der Waals surface area contributed by atoms with E-state index in [1.54, 1.807) is 0 Å². The van der Waals surface area contributed by atoms with Gasteiger partial charge in [0.2, 0.25) is 0 Å². The molecule has 2 heterocycles. The predicted octanol–water partition coefficient (Wildman–Crippen LogP) is 4.48. The molecule has 3 aromatic rings. The molecule has 1 aliphatic carbocycles. The van der Waals surface area contributed by atoms with Crippen LogP contribution >= 0.6 is 0 Å². The summed E-state index contributed by atoms with van der Waals surface area (Å²) in [5.41, 5.74) is 3.84. The van der Waals surface area contributed by atoms with Gasteiger partial charge >= 0.3 is 0 Å². The number of Topliss-reactive ketones (excluding diaryl/α,β-unsaturated/α-hetero) is 1. The summed E-state index contributed by atoms with van der Waals surface area (Å²) in [5.74, 6) is 1.09. The highest BCUT2D eigenvalue weighted by atomic mass is 16.5. The molecule has 1 unspecified atom stereocenters. The van der Waals surface area contributed by atoms with Crippen molar-refractivity contribution in [3.8, 4) is 5.75 Å². The number of aromatic nitrogens is 2. The second kappa shape index (κ2) is 7.30. The molecule has 158 valence electrons. The molecule has 2 aliphatic rings. The van der Waals surface area contributed by atoms with E-state index in [0.717, 1.165) is 29.0 Å². The molecule has 0 saturated carbocycles. The van der Waals surface area contributed by atoms with Crippen LogP contribution in [0.4, 0.5) is 5.82 Å². The number of rotatable bonds is 4. The highest BCUT2D eigenvalue weighted by Gasteiger charge is 2.42. The van der Waals surface area contributed by atoms with Gasteiger partial charge in [-0.05, 0) is 35.1 Å². The Morgan fingerprint density at radius 2 is 1.71 bits per heavy atom. The number of anilines is 1. The van der Waals surface area contributed by atoms with Crippen molar-refractivity contribution in [2.75, 3.05) is 5.32 Å². The summed E-state index contributed by atoms with van der Waals surface area (Å²) in [6.45, 7) is 4.68. The number of allylic oxidation sites excluding steroid dienone is 2. The maximum atomic E-state index is 13.2. The Hall–Kier alpha value is -3.54. The van der Waals surface area contributed by atoms with E-state index in [1.807, 2.05) is 54.6 Å². The molecule has 0 fully saturated rings. The smallest absolute Gasteiger partial charge is 0.270 e. The summed E-state index contributed by atoms with van der Waals surface area (Å²) in [7, 11) is 0. The van der Waals surface area contributed by atoms with Gasteiger partial charge in [0.15, 0.2) is 5.78 Å². The van der Waals surface area contributed by atoms with Crippen molar-refractivity contribution in [3.05, 3.63) is 92.9 Å². The van der Waals surface area contributed by atoms with Crippen LogP contribution in [0.3, 0.4) is 0 Å². The Kier molecular flexibility index (Phi) is 4.58. The lowest BCUT2D eigenvalue weighted by Crippen LogP contribution is -2.34. The Balaban J connectivity index is 1.49.